The largest absolute Gasteiger partial charge is 0.316 e. The minimum Gasteiger partial charge on any atom is -0.316 e. The van der Waals surface area contributed by atoms with E-state index in [1.54, 1.807) is 11.3 Å². The van der Waals surface area contributed by atoms with Gasteiger partial charge in [-0.15, -0.1) is 11.3 Å². The normalized spacial score (nSPS) is 26.1. The van der Waals surface area contributed by atoms with Crippen LogP contribution in [0.1, 0.15) is 26.0 Å². The summed E-state index contributed by atoms with van der Waals surface area (Å²) < 4.78 is 23.7. The molecule has 108 valence electrons. The zero-order valence-electron chi connectivity index (χ0n) is 11.6. The number of aromatic nitrogens is 1. The maximum atomic E-state index is 11.8. The van der Waals surface area contributed by atoms with Crippen molar-refractivity contribution in [1.29, 1.82) is 0 Å². The lowest BCUT2D eigenvalue weighted by atomic mass is 9.82. The van der Waals surface area contributed by atoms with E-state index in [1.807, 2.05) is 10.9 Å². The summed E-state index contributed by atoms with van der Waals surface area (Å²) in [4.78, 5) is 4.31. The highest BCUT2D eigenvalue weighted by molar-refractivity contribution is 7.91. The van der Waals surface area contributed by atoms with Gasteiger partial charge in [-0.3, -0.25) is 0 Å². The van der Waals surface area contributed by atoms with Gasteiger partial charge in [0.25, 0.3) is 0 Å². The molecule has 2 rings (SSSR count). The lowest BCUT2D eigenvalue weighted by molar-refractivity contribution is 0.303. The van der Waals surface area contributed by atoms with Crippen LogP contribution < -0.4 is 5.32 Å². The Bertz CT molecular complexity index is 497. The Morgan fingerprint density at radius 1 is 1.53 bits per heavy atom. The quantitative estimate of drug-likeness (QED) is 0.869. The average Bonchev–Trinajstić information content (AvgIpc) is 2.87. The molecular formula is C13H22N2O2S2. The predicted molar refractivity (Wildman–Crippen MR) is 79.2 cm³/mol. The van der Waals surface area contributed by atoms with Gasteiger partial charge in [0.2, 0.25) is 0 Å². The third-order valence-corrected chi connectivity index (χ3v) is 6.08. The number of nitrogens with one attached hydrogen (secondary N) is 1. The fraction of sp³-hybridized carbons (Fsp3) is 0.769. The van der Waals surface area contributed by atoms with E-state index in [4.69, 9.17) is 0 Å². The van der Waals surface area contributed by atoms with Gasteiger partial charge in [0.05, 0.1) is 22.7 Å². The molecule has 2 heterocycles. The van der Waals surface area contributed by atoms with Crippen molar-refractivity contribution in [2.24, 2.45) is 11.3 Å². The molecule has 1 aliphatic rings. The van der Waals surface area contributed by atoms with Gasteiger partial charge in [-0.2, -0.15) is 0 Å². The van der Waals surface area contributed by atoms with E-state index in [-0.39, 0.29) is 5.41 Å². The standard InChI is InChI=1S/C13H22N2O2S2/c1-11(2)6-14-8-13(3-4-19(16,17)9-13)5-12-7-18-10-15-12/h7,10-11,14H,3-6,8-9H2,1-2H3. The van der Waals surface area contributed by atoms with Crippen LogP contribution in [0.4, 0.5) is 0 Å². The second-order valence-corrected chi connectivity index (χ2v) is 8.93. The fourth-order valence-electron chi connectivity index (χ4n) is 2.66. The molecule has 0 aliphatic carbocycles. The van der Waals surface area contributed by atoms with Crippen molar-refractivity contribution in [2.75, 3.05) is 24.6 Å². The molecule has 0 spiro atoms. The van der Waals surface area contributed by atoms with Crippen LogP contribution >= 0.6 is 11.3 Å². The monoisotopic (exact) mass is 302 g/mol. The summed E-state index contributed by atoms with van der Waals surface area (Å²) in [6.45, 7) is 6.01. The van der Waals surface area contributed by atoms with Gasteiger partial charge >= 0.3 is 0 Å². The summed E-state index contributed by atoms with van der Waals surface area (Å²) in [7, 11) is -2.87. The lowest BCUT2D eigenvalue weighted by Gasteiger charge is -2.27. The molecule has 0 aromatic carbocycles. The van der Waals surface area contributed by atoms with Gasteiger partial charge in [0.1, 0.15) is 0 Å². The topological polar surface area (TPSA) is 59.1 Å². The van der Waals surface area contributed by atoms with Crippen molar-refractivity contribution in [3.63, 3.8) is 0 Å². The molecule has 0 bridgehead atoms. The number of hydrogen-bond donors (Lipinski definition) is 1. The van der Waals surface area contributed by atoms with E-state index in [0.29, 0.717) is 17.4 Å². The van der Waals surface area contributed by atoms with E-state index in [0.717, 1.165) is 31.6 Å². The van der Waals surface area contributed by atoms with Crippen molar-refractivity contribution in [3.8, 4) is 0 Å². The van der Waals surface area contributed by atoms with Gasteiger partial charge in [-0.05, 0) is 25.3 Å². The molecule has 19 heavy (non-hydrogen) atoms. The Morgan fingerprint density at radius 2 is 2.32 bits per heavy atom. The fourth-order valence-corrected chi connectivity index (χ4v) is 5.39. The molecule has 1 aromatic rings. The minimum absolute atomic E-state index is 0.165. The van der Waals surface area contributed by atoms with Crippen LogP contribution in [0, 0.1) is 11.3 Å². The Labute approximate surface area is 119 Å². The maximum Gasteiger partial charge on any atom is 0.150 e. The van der Waals surface area contributed by atoms with Gasteiger partial charge in [-0.25, -0.2) is 13.4 Å². The van der Waals surface area contributed by atoms with E-state index in [1.165, 1.54) is 0 Å². The third-order valence-electron chi connectivity index (χ3n) is 3.56. The summed E-state index contributed by atoms with van der Waals surface area (Å²) in [5, 5.41) is 5.45. The van der Waals surface area contributed by atoms with Crippen LogP contribution in [-0.4, -0.2) is 38.0 Å². The van der Waals surface area contributed by atoms with Crippen LogP contribution in [0.5, 0.6) is 0 Å². The van der Waals surface area contributed by atoms with Gasteiger partial charge in [-0.1, -0.05) is 13.8 Å². The molecule has 1 unspecified atom stereocenters. The van der Waals surface area contributed by atoms with Crippen LogP contribution in [-0.2, 0) is 16.3 Å². The van der Waals surface area contributed by atoms with Crippen LogP contribution in [0.25, 0.3) is 0 Å². The molecule has 0 saturated carbocycles. The molecule has 1 aliphatic heterocycles. The molecule has 4 nitrogen and oxygen atoms in total. The molecule has 1 N–H and O–H groups in total. The molecular weight excluding hydrogens is 280 g/mol. The van der Waals surface area contributed by atoms with Crippen LogP contribution in [0.2, 0.25) is 0 Å². The number of nitrogens with zero attached hydrogens (tertiary/aromatic N) is 1. The van der Waals surface area contributed by atoms with Crippen molar-refractivity contribution < 1.29 is 8.42 Å². The molecule has 0 amide bonds. The SMILES string of the molecule is CC(C)CNCC1(Cc2cscn2)CCS(=O)(=O)C1. The summed E-state index contributed by atoms with van der Waals surface area (Å²) in [6.07, 6.45) is 1.51. The number of hydrogen-bond acceptors (Lipinski definition) is 5. The van der Waals surface area contributed by atoms with Crippen molar-refractivity contribution in [3.05, 3.63) is 16.6 Å². The highest BCUT2D eigenvalue weighted by Crippen LogP contribution is 2.35. The molecule has 1 saturated heterocycles. The second-order valence-electron chi connectivity index (χ2n) is 6.02. The first-order chi connectivity index (χ1) is 8.91. The molecule has 1 fully saturated rings. The summed E-state index contributed by atoms with van der Waals surface area (Å²) in [5.41, 5.74) is 2.67. The average molecular weight is 302 g/mol. The summed E-state index contributed by atoms with van der Waals surface area (Å²) in [6, 6.07) is 0. The maximum absolute atomic E-state index is 11.8. The Kier molecular flexibility index (Phi) is 4.63. The number of thiazole rings is 1. The number of rotatable bonds is 6. The predicted octanol–water partition coefficient (Wildman–Crippen LogP) is 1.74. The van der Waals surface area contributed by atoms with Gasteiger partial charge in [0.15, 0.2) is 9.84 Å². The van der Waals surface area contributed by atoms with Crippen molar-refractivity contribution >= 4 is 21.2 Å². The second kappa shape index (κ2) is 5.89. The molecule has 6 heteroatoms. The number of sulfone groups is 1. The Balaban J connectivity index is 2.05. The van der Waals surface area contributed by atoms with E-state index in [2.05, 4.69) is 24.1 Å². The summed E-state index contributed by atoms with van der Waals surface area (Å²) >= 11 is 1.57. The van der Waals surface area contributed by atoms with Gasteiger partial charge in [0, 0.05) is 17.3 Å². The zero-order valence-corrected chi connectivity index (χ0v) is 13.2. The van der Waals surface area contributed by atoms with E-state index >= 15 is 0 Å². The highest BCUT2D eigenvalue weighted by Gasteiger charge is 2.42. The third kappa shape index (κ3) is 4.26. The smallest absolute Gasteiger partial charge is 0.150 e. The summed E-state index contributed by atoms with van der Waals surface area (Å²) in [5.74, 6) is 1.19. The van der Waals surface area contributed by atoms with E-state index < -0.39 is 9.84 Å². The van der Waals surface area contributed by atoms with Crippen LogP contribution in [0.3, 0.4) is 0 Å². The first kappa shape index (κ1) is 14.9. The highest BCUT2D eigenvalue weighted by atomic mass is 32.2. The molecule has 1 atom stereocenters. The molecule has 1 aromatic heterocycles. The zero-order chi connectivity index (χ0) is 13.9. The van der Waals surface area contributed by atoms with Crippen molar-refractivity contribution in [2.45, 2.75) is 26.7 Å². The van der Waals surface area contributed by atoms with Gasteiger partial charge < -0.3 is 5.32 Å². The van der Waals surface area contributed by atoms with E-state index in [9.17, 15) is 8.42 Å². The molecule has 0 radical (unpaired) electrons. The lowest BCUT2D eigenvalue weighted by Crippen LogP contribution is -2.38. The van der Waals surface area contributed by atoms with Crippen molar-refractivity contribution in [1.82, 2.24) is 10.3 Å². The Morgan fingerprint density at radius 3 is 2.84 bits per heavy atom. The first-order valence-electron chi connectivity index (χ1n) is 6.69. The van der Waals surface area contributed by atoms with Crippen LogP contribution in [0.15, 0.2) is 10.9 Å². The first-order valence-corrected chi connectivity index (χ1v) is 9.45. The Hall–Kier alpha value is -0.460. The minimum atomic E-state index is -2.87.